The molecule has 0 saturated carbocycles. The number of pyridine rings is 1. The van der Waals surface area contributed by atoms with E-state index in [0.717, 1.165) is 42.8 Å². The number of nitrogens with one attached hydrogen (secondary N) is 1. The first-order valence-electron chi connectivity index (χ1n) is 7.22. The third kappa shape index (κ3) is 2.29. The second kappa shape index (κ2) is 5.00. The Morgan fingerprint density at radius 3 is 2.95 bits per heavy atom. The Morgan fingerprint density at radius 1 is 1.37 bits per heavy atom. The van der Waals surface area contributed by atoms with Gasteiger partial charge in [0, 0.05) is 43.5 Å². The fourth-order valence-electron chi connectivity index (χ4n) is 3.21. The normalized spacial score (nSPS) is 26.0. The number of hydrogen-bond donors (Lipinski definition) is 1. The molecule has 4 nitrogen and oxygen atoms in total. The summed E-state index contributed by atoms with van der Waals surface area (Å²) in [6.07, 6.45) is 1.27. The molecule has 0 unspecified atom stereocenters. The molecule has 104 valence electrons. The summed E-state index contributed by atoms with van der Waals surface area (Å²) in [5.41, 5.74) is 1.11. The van der Waals surface area contributed by atoms with E-state index in [-0.39, 0.29) is 0 Å². The lowest BCUT2D eigenvalue weighted by Crippen LogP contribution is -2.34. The van der Waals surface area contributed by atoms with Crippen LogP contribution in [0.4, 0.5) is 5.82 Å². The molecular weight excluding hydrogens is 238 g/mol. The molecule has 2 aliphatic rings. The molecule has 2 atom stereocenters. The number of methoxy groups -OCH3 is 1. The van der Waals surface area contributed by atoms with Crippen molar-refractivity contribution in [3.63, 3.8) is 0 Å². The van der Waals surface area contributed by atoms with Crippen LogP contribution in [0.1, 0.15) is 31.9 Å². The zero-order chi connectivity index (χ0) is 13.4. The molecule has 2 fully saturated rings. The SMILES string of the molecule is COc1cc(C(C)C)nc(N2CC[C@H]3CNC[C@H]32)c1. The molecule has 1 N–H and O–H groups in total. The summed E-state index contributed by atoms with van der Waals surface area (Å²) in [6.45, 7) is 7.71. The van der Waals surface area contributed by atoms with Crippen LogP contribution in [0.15, 0.2) is 12.1 Å². The molecule has 0 aliphatic carbocycles. The Balaban J connectivity index is 1.93. The van der Waals surface area contributed by atoms with Gasteiger partial charge < -0.3 is 15.0 Å². The summed E-state index contributed by atoms with van der Waals surface area (Å²) in [7, 11) is 1.73. The first-order chi connectivity index (χ1) is 9.19. The van der Waals surface area contributed by atoms with Gasteiger partial charge in [-0.1, -0.05) is 13.8 Å². The first kappa shape index (κ1) is 12.7. The van der Waals surface area contributed by atoms with E-state index in [2.05, 4.69) is 36.2 Å². The third-order valence-electron chi connectivity index (χ3n) is 4.37. The molecule has 2 aliphatic heterocycles. The Hall–Kier alpha value is -1.29. The standard InChI is InChI=1S/C15H23N3O/c1-10(2)13-6-12(19-3)7-15(17-13)18-5-4-11-8-16-9-14(11)18/h6-7,10-11,14,16H,4-5,8-9H2,1-3H3/t11-,14+/m0/s1. The van der Waals surface area contributed by atoms with Gasteiger partial charge in [0.2, 0.25) is 0 Å². The fourth-order valence-corrected chi connectivity index (χ4v) is 3.21. The van der Waals surface area contributed by atoms with Crippen LogP contribution in [-0.4, -0.2) is 37.8 Å². The van der Waals surface area contributed by atoms with Crippen molar-refractivity contribution in [1.29, 1.82) is 0 Å². The van der Waals surface area contributed by atoms with Gasteiger partial charge in [-0.3, -0.25) is 0 Å². The van der Waals surface area contributed by atoms with E-state index < -0.39 is 0 Å². The van der Waals surface area contributed by atoms with E-state index in [4.69, 9.17) is 9.72 Å². The topological polar surface area (TPSA) is 37.4 Å². The van der Waals surface area contributed by atoms with Crippen LogP contribution in [0.25, 0.3) is 0 Å². The molecular formula is C15H23N3O. The molecule has 0 amide bonds. The number of nitrogens with zero attached hydrogens (tertiary/aromatic N) is 2. The van der Waals surface area contributed by atoms with Crippen molar-refractivity contribution in [2.24, 2.45) is 5.92 Å². The van der Waals surface area contributed by atoms with E-state index in [9.17, 15) is 0 Å². The van der Waals surface area contributed by atoms with Gasteiger partial charge in [0.15, 0.2) is 0 Å². The number of hydrogen-bond acceptors (Lipinski definition) is 4. The van der Waals surface area contributed by atoms with Crippen LogP contribution >= 0.6 is 0 Å². The molecule has 3 heterocycles. The first-order valence-corrected chi connectivity index (χ1v) is 7.22. The molecule has 2 saturated heterocycles. The highest BCUT2D eigenvalue weighted by atomic mass is 16.5. The maximum atomic E-state index is 5.43. The largest absolute Gasteiger partial charge is 0.497 e. The number of anilines is 1. The van der Waals surface area contributed by atoms with Crippen LogP contribution in [-0.2, 0) is 0 Å². The Morgan fingerprint density at radius 2 is 2.21 bits per heavy atom. The summed E-state index contributed by atoms with van der Waals surface area (Å²) < 4.78 is 5.43. The number of fused-ring (bicyclic) bond motifs is 1. The zero-order valence-electron chi connectivity index (χ0n) is 12.0. The van der Waals surface area contributed by atoms with Crippen LogP contribution in [0, 0.1) is 5.92 Å². The van der Waals surface area contributed by atoms with Crippen molar-refractivity contribution in [1.82, 2.24) is 10.3 Å². The second-order valence-electron chi connectivity index (χ2n) is 5.91. The lowest BCUT2D eigenvalue weighted by Gasteiger charge is -2.25. The lowest BCUT2D eigenvalue weighted by atomic mass is 10.1. The fraction of sp³-hybridized carbons (Fsp3) is 0.667. The molecule has 4 heteroatoms. The summed E-state index contributed by atoms with van der Waals surface area (Å²) in [5, 5.41) is 3.49. The van der Waals surface area contributed by atoms with Crippen molar-refractivity contribution >= 4 is 5.82 Å². The Kier molecular flexibility index (Phi) is 3.35. The van der Waals surface area contributed by atoms with Crippen molar-refractivity contribution < 1.29 is 4.74 Å². The molecule has 0 spiro atoms. The Bertz CT molecular complexity index is 461. The van der Waals surface area contributed by atoms with E-state index in [0.29, 0.717) is 12.0 Å². The minimum Gasteiger partial charge on any atom is -0.497 e. The maximum Gasteiger partial charge on any atom is 0.132 e. The van der Waals surface area contributed by atoms with Crippen LogP contribution in [0.5, 0.6) is 5.75 Å². The minimum atomic E-state index is 0.425. The maximum absolute atomic E-state index is 5.43. The van der Waals surface area contributed by atoms with Gasteiger partial charge in [-0.15, -0.1) is 0 Å². The van der Waals surface area contributed by atoms with E-state index >= 15 is 0 Å². The highest BCUT2D eigenvalue weighted by molar-refractivity contribution is 5.48. The molecule has 1 aromatic heterocycles. The highest BCUT2D eigenvalue weighted by Gasteiger charge is 2.38. The molecule has 3 rings (SSSR count). The average molecular weight is 261 g/mol. The third-order valence-corrected chi connectivity index (χ3v) is 4.37. The summed E-state index contributed by atoms with van der Waals surface area (Å²) in [4.78, 5) is 7.30. The zero-order valence-corrected chi connectivity index (χ0v) is 12.0. The lowest BCUT2D eigenvalue weighted by molar-refractivity contribution is 0.413. The average Bonchev–Trinajstić information content (AvgIpc) is 3.00. The van der Waals surface area contributed by atoms with Gasteiger partial charge in [0.05, 0.1) is 7.11 Å². The van der Waals surface area contributed by atoms with Crippen molar-refractivity contribution in [2.75, 3.05) is 31.6 Å². The van der Waals surface area contributed by atoms with Crippen LogP contribution in [0.3, 0.4) is 0 Å². The van der Waals surface area contributed by atoms with E-state index in [1.165, 1.54) is 6.42 Å². The van der Waals surface area contributed by atoms with Gasteiger partial charge >= 0.3 is 0 Å². The molecule has 0 bridgehead atoms. The van der Waals surface area contributed by atoms with Gasteiger partial charge in [0.25, 0.3) is 0 Å². The number of aromatic nitrogens is 1. The number of rotatable bonds is 3. The monoisotopic (exact) mass is 261 g/mol. The van der Waals surface area contributed by atoms with E-state index in [1.807, 2.05) is 0 Å². The Labute approximate surface area is 115 Å². The molecule has 19 heavy (non-hydrogen) atoms. The van der Waals surface area contributed by atoms with Gasteiger partial charge in [-0.25, -0.2) is 4.98 Å². The molecule has 1 aromatic rings. The smallest absolute Gasteiger partial charge is 0.132 e. The van der Waals surface area contributed by atoms with Crippen molar-refractivity contribution in [3.8, 4) is 5.75 Å². The van der Waals surface area contributed by atoms with Crippen molar-refractivity contribution in [2.45, 2.75) is 32.2 Å². The minimum absolute atomic E-state index is 0.425. The van der Waals surface area contributed by atoms with Gasteiger partial charge in [-0.2, -0.15) is 0 Å². The predicted molar refractivity (Wildman–Crippen MR) is 77.0 cm³/mol. The van der Waals surface area contributed by atoms with E-state index in [1.54, 1.807) is 7.11 Å². The summed E-state index contributed by atoms with van der Waals surface area (Å²) in [6, 6.07) is 4.74. The highest BCUT2D eigenvalue weighted by Crippen LogP contribution is 2.33. The van der Waals surface area contributed by atoms with Crippen LogP contribution < -0.4 is 15.0 Å². The summed E-state index contributed by atoms with van der Waals surface area (Å²) in [5.74, 6) is 3.21. The quantitative estimate of drug-likeness (QED) is 0.903. The summed E-state index contributed by atoms with van der Waals surface area (Å²) >= 11 is 0. The molecule has 0 aromatic carbocycles. The van der Waals surface area contributed by atoms with Crippen molar-refractivity contribution in [3.05, 3.63) is 17.8 Å². The predicted octanol–water partition coefficient (Wildman–Crippen LogP) is 2.01. The van der Waals surface area contributed by atoms with Gasteiger partial charge in [-0.05, 0) is 18.3 Å². The van der Waals surface area contributed by atoms with Crippen LogP contribution in [0.2, 0.25) is 0 Å². The number of ether oxygens (including phenoxy) is 1. The molecule has 0 radical (unpaired) electrons. The second-order valence-corrected chi connectivity index (χ2v) is 5.91. The van der Waals surface area contributed by atoms with Gasteiger partial charge in [0.1, 0.15) is 11.6 Å².